The second kappa shape index (κ2) is 5.61. The molecular formula is C16H22BrN3O. The Morgan fingerprint density at radius 3 is 2.81 bits per heavy atom. The van der Waals surface area contributed by atoms with Crippen LogP contribution >= 0.6 is 15.9 Å². The number of nitrogens with zero attached hydrogens (tertiary/aromatic N) is 1. The van der Waals surface area contributed by atoms with Crippen molar-refractivity contribution in [1.82, 2.24) is 5.32 Å². The highest BCUT2D eigenvalue weighted by Gasteiger charge is 2.32. The van der Waals surface area contributed by atoms with Crippen LogP contribution < -0.4 is 15.5 Å². The molecule has 0 saturated carbocycles. The minimum Gasteiger partial charge on any atom is -0.368 e. The van der Waals surface area contributed by atoms with Gasteiger partial charge in [0.05, 0.1) is 5.69 Å². The van der Waals surface area contributed by atoms with E-state index in [1.807, 2.05) is 7.05 Å². The highest BCUT2D eigenvalue weighted by Crippen LogP contribution is 2.41. The van der Waals surface area contributed by atoms with Gasteiger partial charge in [-0.15, -0.1) is 0 Å². The summed E-state index contributed by atoms with van der Waals surface area (Å²) in [4.78, 5) is 14.4. The monoisotopic (exact) mass is 351 g/mol. The van der Waals surface area contributed by atoms with Crippen LogP contribution in [0.5, 0.6) is 0 Å². The fourth-order valence-electron chi connectivity index (χ4n) is 3.54. The molecule has 3 atom stereocenters. The molecule has 0 bridgehead atoms. The number of amides is 1. The molecule has 1 aromatic rings. The number of piperidine rings is 1. The van der Waals surface area contributed by atoms with E-state index in [1.54, 1.807) is 0 Å². The SMILES string of the molecule is CNC1C(=O)Nc2cc(N3CCC(C)CC3C)c(Br)cc21. The third-order valence-electron chi connectivity index (χ3n) is 4.69. The predicted octanol–water partition coefficient (Wildman–Crippen LogP) is 3.29. The first-order chi connectivity index (χ1) is 10.0. The molecule has 114 valence electrons. The van der Waals surface area contributed by atoms with Crippen LogP contribution in [0.4, 0.5) is 11.4 Å². The molecule has 4 nitrogen and oxygen atoms in total. The fourth-order valence-corrected chi connectivity index (χ4v) is 4.13. The second-order valence-electron chi connectivity index (χ2n) is 6.27. The van der Waals surface area contributed by atoms with Crippen molar-refractivity contribution in [2.45, 2.75) is 38.8 Å². The number of hydrogen-bond donors (Lipinski definition) is 2. The van der Waals surface area contributed by atoms with Crippen LogP contribution in [-0.2, 0) is 4.79 Å². The van der Waals surface area contributed by atoms with Crippen LogP contribution in [0, 0.1) is 5.92 Å². The molecule has 0 spiro atoms. The number of anilines is 2. The van der Waals surface area contributed by atoms with E-state index < -0.39 is 0 Å². The summed E-state index contributed by atoms with van der Waals surface area (Å²) in [5, 5.41) is 6.04. The Bertz CT molecular complexity index is 575. The lowest BCUT2D eigenvalue weighted by Crippen LogP contribution is -2.40. The summed E-state index contributed by atoms with van der Waals surface area (Å²) in [5.74, 6) is 0.815. The molecule has 3 rings (SSSR count). The van der Waals surface area contributed by atoms with Gasteiger partial charge in [0.2, 0.25) is 5.91 Å². The molecule has 1 amide bonds. The molecule has 1 saturated heterocycles. The second-order valence-corrected chi connectivity index (χ2v) is 7.13. The van der Waals surface area contributed by atoms with Gasteiger partial charge in [0.15, 0.2) is 0 Å². The average molecular weight is 352 g/mol. The molecule has 0 radical (unpaired) electrons. The maximum absolute atomic E-state index is 12.0. The van der Waals surface area contributed by atoms with Gasteiger partial charge in [0, 0.05) is 28.3 Å². The topological polar surface area (TPSA) is 44.4 Å². The first-order valence-corrected chi connectivity index (χ1v) is 8.38. The third kappa shape index (κ3) is 2.57. The number of carbonyl (C=O) groups is 1. The van der Waals surface area contributed by atoms with E-state index in [0.717, 1.165) is 28.2 Å². The van der Waals surface area contributed by atoms with Crippen LogP contribution in [0.15, 0.2) is 16.6 Å². The fraction of sp³-hybridized carbons (Fsp3) is 0.562. The quantitative estimate of drug-likeness (QED) is 0.859. The van der Waals surface area contributed by atoms with Crippen molar-refractivity contribution in [3.63, 3.8) is 0 Å². The van der Waals surface area contributed by atoms with Crippen molar-refractivity contribution in [1.29, 1.82) is 0 Å². The Labute approximate surface area is 134 Å². The van der Waals surface area contributed by atoms with Gasteiger partial charge >= 0.3 is 0 Å². The van der Waals surface area contributed by atoms with Gasteiger partial charge in [-0.1, -0.05) is 6.92 Å². The summed E-state index contributed by atoms with van der Waals surface area (Å²) in [7, 11) is 1.81. The average Bonchev–Trinajstić information content (AvgIpc) is 2.73. The van der Waals surface area contributed by atoms with E-state index in [-0.39, 0.29) is 11.9 Å². The number of rotatable bonds is 2. The van der Waals surface area contributed by atoms with Gasteiger partial charge in [-0.2, -0.15) is 0 Å². The highest BCUT2D eigenvalue weighted by atomic mass is 79.9. The maximum Gasteiger partial charge on any atom is 0.246 e. The first kappa shape index (κ1) is 14.9. The first-order valence-electron chi connectivity index (χ1n) is 7.59. The van der Waals surface area contributed by atoms with E-state index in [4.69, 9.17) is 0 Å². The Hall–Kier alpha value is -1.07. The number of likely N-dealkylation sites (N-methyl/N-ethyl adjacent to an activating group) is 1. The summed E-state index contributed by atoms with van der Waals surface area (Å²) in [6.45, 7) is 5.68. The van der Waals surface area contributed by atoms with Gasteiger partial charge in [-0.3, -0.25) is 4.79 Å². The number of benzene rings is 1. The zero-order chi connectivity index (χ0) is 15.1. The highest BCUT2D eigenvalue weighted by molar-refractivity contribution is 9.10. The molecule has 2 N–H and O–H groups in total. The molecule has 21 heavy (non-hydrogen) atoms. The smallest absolute Gasteiger partial charge is 0.246 e. The van der Waals surface area contributed by atoms with E-state index >= 15 is 0 Å². The molecular weight excluding hydrogens is 330 g/mol. The number of fused-ring (bicyclic) bond motifs is 1. The molecule has 0 aromatic heterocycles. The normalized spacial score (nSPS) is 28.5. The van der Waals surface area contributed by atoms with E-state index in [0.29, 0.717) is 6.04 Å². The van der Waals surface area contributed by atoms with Gasteiger partial charge in [-0.05, 0) is 60.8 Å². The summed E-state index contributed by atoms with van der Waals surface area (Å²) in [6.07, 6.45) is 2.44. The van der Waals surface area contributed by atoms with Crippen LogP contribution in [0.1, 0.15) is 38.3 Å². The van der Waals surface area contributed by atoms with Crippen molar-refractivity contribution in [3.05, 3.63) is 22.2 Å². The van der Waals surface area contributed by atoms with Crippen molar-refractivity contribution in [2.75, 3.05) is 23.8 Å². The number of hydrogen-bond acceptors (Lipinski definition) is 3. The lowest BCUT2D eigenvalue weighted by Gasteiger charge is -2.39. The molecule has 1 fully saturated rings. The third-order valence-corrected chi connectivity index (χ3v) is 5.32. The largest absolute Gasteiger partial charge is 0.368 e. The van der Waals surface area contributed by atoms with Crippen LogP contribution in [0.2, 0.25) is 0 Å². The lowest BCUT2D eigenvalue weighted by molar-refractivity contribution is -0.117. The summed E-state index contributed by atoms with van der Waals surface area (Å²) < 4.78 is 1.07. The van der Waals surface area contributed by atoms with Crippen LogP contribution in [0.25, 0.3) is 0 Å². The Morgan fingerprint density at radius 1 is 1.38 bits per heavy atom. The maximum atomic E-state index is 12.0. The number of carbonyl (C=O) groups excluding carboxylic acids is 1. The predicted molar refractivity (Wildman–Crippen MR) is 89.8 cm³/mol. The minimum atomic E-state index is -0.246. The summed E-state index contributed by atoms with van der Waals surface area (Å²) in [6, 6.07) is 4.47. The molecule has 5 heteroatoms. The molecule has 0 aliphatic carbocycles. The van der Waals surface area contributed by atoms with Crippen molar-refractivity contribution in [3.8, 4) is 0 Å². The van der Waals surface area contributed by atoms with Crippen molar-refractivity contribution in [2.24, 2.45) is 5.92 Å². The molecule has 3 unspecified atom stereocenters. The molecule has 2 aliphatic heterocycles. The number of halogens is 1. The van der Waals surface area contributed by atoms with Crippen LogP contribution in [0.3, 0.4) is 0 Å². The molecule has 2 aliphatic rings. The summed E-state index contributed by atoms with van der Waals surface area (Å²) in [5.41, 5.74) is 3.14. The van der Waals surface area contributed by atoms with Crippen molar-refractivity contribution < 1.29 is 4.79 Å². The summed E-state index contributed by atoms with van der Waals surface area (Å²) >= 11 is 3.70. The van der Waals surface area contributed by atoms with Gasteiger partial charge in [0.25, 0.3) is 0 Å². The Kier molecular flexibility index (Phi) is 3.97. The Morgan fingerprint density at radius 2 is 2.14 bits per heavy atom. The van der Waals surface area contributed by atoms with E-state index in [2.05, 4.69) is 57.4 Å². The Balaban J connectivity index is 1.95. The van der Waals surface area contributed by atoms with Gasteiger partial charge in [-0.25, -0.2) is 0 Å². The molecule has 2 heterocycles. The zero-order valence-corrected chi connectivity index (χ0v) is 14.3. The number of nitrogens with one attached hydrogen (secondary N) is 2. The molecule has 1 aromatic carbocycles. The standard InChI is InChI=1S/C16H22BrN3O/c1-9-4-5-20(10(2)6-9)14-8-13-11(7-12(14)17)15(18-3)16(21)19-13/h7-10,15,18H,4-6H2,1-3H3,(H,19,21). The zero-order valence-electron chi connectivity index (χ0n) is 12.7. The lowest BCUT2D eigenvalue weighted by atomic mass is 9.92. The van der Waals surface area contributed by atoms with Gasteiger partial charge in [0.1, 0.15) is 6.04 Å². The minimum absolute atomic E-state index is 0.0249. The van der Waals surface area contributed by atoms with Crippen molar-refractivity contribution >= 4 is 33.2 Å². The van der Waals surface area contributed by atoms with Crippen LogP contribution in [-0.4, -0.2) is 25.5 Å². The van der Waals surface area contributed by atoms with E-state index in [1.165, 1.54) is 18.5 Å². The van der Waals surface area contributed by atoms with Gasteiger partial charge < -0.3 is 15.5 Å². The van der Waals surface area contributed by atoms with E-state index in [9.17, 15) is 4.79 Å².